The highest BCUT2D eigenvalue weighted by Crippen LogP contribution is 2.29. The van der Waals surface area contributed by atoms with Crippen LogP contribution in [-0.2, 0) is 0 Å². The van der Waals surface area contributed by atoms with Gasteiger partial charge in [-0.15, -0.1) is 0 Å². The Bertz CT molecular complexity index is 414. The van der Waals surface area contributed by atoms with E-state index in [1.165, 1.54) is 18.5 Å². The van der Waals surface area contributed by atoms with E-state index in [2.05, 4.69) is 10.3 Å². The highest BCUT2D eigenvalue weighted by atomic mass is 16.3. The second-order valence-electron chi connectivity index (χ2n) is 4.49. The number of rotatable bonds is 3. The molecule has 0 spiro atoms. The van der Waals surface area contributed by atoms with Crippen LogP contribution in [0.2, 0.25) is 0 Å². The zero-order valence-corrected chi connectivity index (χ0v) is 9.52. The Hall–Kier alpha value is -1.62. The molecule has 0 bridgehead atoms. The minimum absolute atomic E-state index is 0.0649. The summed E-state index contributed by atoms with van der Waals surface area (Å²) in [4.78, 5) is 15.7. The molecule has 0 aliphatic heterocycles. The molecule has 5 heteroatoms. The summed E-state index contributed by atoms with van der Waals surface area (Å²) in [6, 6.07) is 1.46. The molecule has 1 heterocycles. The summed E-state index contributed by atoms with van der Waals surface area (Å²) >= 11 is 0. The quantitative estimate of drug-likeness (QED) is 0.725. The zero-order valence-electron chi connectivity index (χ0n) is 9.52. The summed E-state index contributed by atoms with van der Waals surface area (Å²) in [5, 5.41) is 21.7. The number of aromatic hydroxyl groups is 1. The Morgan fingerprint density at radius 1 is 1.47 bits per heavy atom. The number of aromatic nitrogens is 1. The van der Waals surface area contributed by atoms with Gasteiger partial charge in [-0.3, -0.25) is 9.78 Å². The van der Waals surface area contributed by atoms with Crippen LogP contribution in [0.5, 0.6) is 5.75 Å². The molecule has 0 atom stereocenters. The lowest BCUT2D eigenvalue weighted by Gasteiger charge is -2.28. The Balaban J connectivity index is 2.14. The Labute approximate surface area is 99.5 Å². The van der Waals surface area contributed by atoms with E-state index in [4.69, 9.17) is 0 Å². The van der Waals surface area contributed by atoms with Crippen molar-refractivity contribution in [2.75, 3.05) is 6.61 Å². The molecule has 1 aliphatic carbocycles. The molecule has 1 amide bonds. The molecule has 17 heavy (non-hydrogen) atoms. The molecular formula is C12H16N2O3. The van der Waals surface area contributed by atoms with Gasteiger partial charge in [0.2, 0.25) is 0 Å². The second kappa shape index (κ2) is 4.71. The fourth-order valence-corrected chi connectivity index (χ4v) is 2.26. The largest absolute Gasteiger partial charge is 0.505 e. The molecule has 3 N–H and O–H groups in total. The van der Waals surface area contributed by atoms with E-state index in [1.807, 2.05) is 0 Å². The predicted octanol–water partition coefficient (Wildman–Crippen LogP) is 0.822. The monoisotopic (exact) mass is 236 g/mol. The standard InChI is InChI=1S/C12H16N2O3/c15-8-12(4-1-2-5-12)14-11(17)9-3-6-13-7-10(9)16/h3,6-7,15-16H,1-2,4-5,8H2,(H,14,17). The zero-order chi connectivity index (χ0) is 12.3. The Morgan fingerprint density at radius 3 is 2.76 bits per heavy atom. The predicted molar refractivity (Wildman–Crippen MR) is 61.7 cm³/mol. The molecule has 1 aromatic heterocycles. The van der Waals surface area contributed by atoms with E-state index in [0.29, 0.717) is 0 Å². The lowest BCUT2D eigenvalue weighted by molar-refractivity contribution is 0.0835. The molecule has 92 valence electrons. The van der Waals surface area contributed by atoms with Gasteiger partial charge in [-0.25, -0.2) is 0 Å². The molecule has 0 unspecified atom stereocenters. The number of aliphatic hydroxyl groups is 1. The van der Waals surface area contributed by atoms with E-state index in [-0.39, 0.29) is 23.8 Å². The number of pyridine rings is 1. The van der Waals surface area contributed by atoms with Crippen molar-refractivity contribution in [3.05, 3.63) is 24.0 Å². The van der Waals surface area contributed by atoms with Crippen molar-refractivity contribution in [2.45, 2.75) is 31.2 Å². The van der Waals surface area contributed by atoms with Crippen LogP contribution >= 0.6 is 0 Å². The van der Waals surface area contributed by atoms with E-state index in [0.717, 1.165) is 25.7 Å². The number of hydrogen-bond acceptors (Lipinski definition) is 4. The minimum atomic E-state index is -0.521. The van der Waals surface area contributed by atoms with Crippen molar-refractivity contribution in [1.82, 2.24) is 10.3 Å². The van der Waals surface area contributed by atoms with Crippen LogP contribution in [0.15, 0.2) is 18.5 Å². The molecule has 1 aliphatic rings. The first kappa shape index (κ1) is 11.9. The molecule has 0 aromatic carbocycles. The Morgan fingerprint density at radius 2 is 2.18 bits per heavy atom. The first-order valence-corrected chi connectivity index (χ1v) is 5.73. The summed E-state index contributed by atoms with van der Waals surface area (Å²) in [6.45, 7) is -0.0649. The fourth-order valence-electron chi connectivity index (χ4n) is 2.26. The molecule has 0 radical (unpaired) electrons. The van der Waals surface area contributed by atoms with Crippen molar-refractivity contribution in [1.29, 1.82) is 0 Å². The topological polar surface area (TPSA) is 82.5 Å². The maximum Gasteiger partial charge on any atom is 0.255 e. The first-order chi connectivity index (χ1) is 8.17. The summed E-state index contributed by atoms with van der Waals surface area (Å²) in [6.07, 6.45) is 6.25. The molecule has 1 fully saturated rings. The van der Waals surface area contributed by atoms with Gasteiger partial charge in [0.25, 0.3) is 5.91 Å². The van der Waals surface area contributed by atoms with Crippen LogP contribution in [0, 0.1) is 0 Å². The Kier molecular flexibility index (Phi) is 3.28. The van der Waals surface area contributed by atoms with Gasteiger partial charge in [-0.05, 0) is 18.9 Å². The average molecular weight is 236 g/mol. The van der Waals surface area contributed by atoms with Gasteiger partial charge in [0.1, 0.15) is 5.75 Å². The van der Waals surface area contributed by atoms with Gasteiger partial charge >= 0.3 is 0 Å². The normalized spacial score (nSPS) is 17.9. The van der Waals surface area contributed by atoms with Crippen molar-refractivity contribution >= 4 is 5.91 Å². The number of carbonyl (C=O) groups excluding carboxylic acids is 1. The summed E-state index contributed by atoms with van der Waals surface area (Å²) in [5.74, 6) is -0.503. The average Bonchev–Trinajstić information content (AvgIpc) is 2.79. The minimum Gasteiger partial charge on any atom is -0.505 e. The van der Waals surface area contributed by atoms with Crippen LogP contribution < -0.4 is 5.32 Å². The van der Waals surface area contributed by atoms with Gasteiger partial charge in [0.05, 0.1) is 23.9 Å². The third-order valence-corrected chi connectivity index (χ3v) is 3.29. The number of hydrogen-bond donors (Lipinski definition) is 3. The van der Waals surface area contributed by atoms with E-state index in [1.54, 1.807) is 0 Å². The maximum absolute atomic E-state index is 12.0. The molecule has 1 aromatic rings. The first-order valence-electron chi connectivity index (χ1n) is 5.73. The van der Waals surface area contributed by atoms with Crippen LogP contribution in [-0.4, -0.2) is 33.3 Å². The van der Waals surface area contributed by atoms with E-state index in [9.17, 15) is 15.0 Å². The smallest absolute Gasteiger partial charge is 0.255 e. The van der Waals surface area contributed by atoms with Crippen LogP contribution in [0.3, 0.4) is 0 Å². The molecule has 1 saturated carbocycles. The lowest BCUT2D eigenvalue weighted by Crippen LogP contribution is -2.49. The van der Waals surface area contributed by atoms with Crippen LogP contribution in [0.25, 0.3) is 0 Å². The third kappa shape index (κ3) is 2.39. The van der Waals surface area contributed by atoms with Gasteiger partial charge in [0, 0.05) is 6.20 Å². The van der Waals surface area contributed by atoms with Crippen LogP contribution in [0.4, 0.5) is 0 Å². The third-order valence-electron chi connectivity index (χ3n) is 3.29. The van der Waals surface area contributed by atoms with Gasteiger partial charge in [-0.1, -0.05) is 12.8 Å². The highest BCUT2D eigenvalue weighted by molar-refractivity contribution is 5.97. The number of aliphatic hydroxyl groups excluding tert-OH is 1. The number of amides is 1. The number of nitrogens with zero attached hydrogens (tertiary/aromatic N) is 1. The van der Waals surface area contributed by atoms with Crippen molar-refractivity contribution < 1.29 is 15.0 Å². The summed E-state index contributed by atoms with van der Waals surface area (Å²) in [7, 11) is 0. The van der Waals surface area contributed by atoms with Gasteiger partial charge in [0.15, 0.2) is 0 Å². The van der Waals surface area contributed by atoms with Crippen molar-refractivity contribution in [2.24, 2.45) is 0 Å². The molecule has 5 nitrogen and oxygen atoms in total. The summed E-state index contributed by atoms with van der Waals surface area (Å²) in [5.41, 5.74) is -0.327. The van der Waals surface area contributed by atoms with Gasteiger partial charge in [-0.2, -0.15) is 0 Å². The second-order valence-corrected chi connectivity index (χ2v) is 4.49. The highest BCUT2D eigenvalue weighted by Gasteiger charge is 2.35. The molecule has 0 saturated heterocycles. The number of nitrogens with one attached hydrogen (secondary N) is 1. The van der Waals surface area contributed by atoms with E-state index < -0.39 is 5.54 Å². The number of carbonyl (C=O) groups is 1. The van der Waals surface area contributed by atoms with Crippen molar-refractivity contribution in [3.63, 3.8) is 0 Å². The maximum atomic E-state index is 12.0. The SMILES string of the molecule is O=C(NC1(CO)CCCC1)c1ccncc1O. The fraction of sp³-hybridized carbons (Fsp3) is 0.500. The molecule has 2 rings (SSSR count). The molecular weight excluding hydrogens is 220 g/mol. The lowest BCUT2D eigenvalue weighted by atomic mass is 9.98. The summed E-state index contributed by atoms with van der Waals surface area (Å²) < 4.78 is 0. The van der Waals surface area contributed by atoms with E-state index >= 15 is 0 Å². The van der Waals surface area contributed by atoms with Gasteiger partial charge < -0.3 is 15.5 Å². The van der Waals surface area contributed by atoms with Crippen LogP contribution in [0.1, 0.15) is 36.0 Å². The van der Waals surface area contributed by atoms with Crippen molar-refractivity contribution in [3.8, 4) is 5.75 Å².